The number of phenolic OH excluding ortho intramolecular Hbond substituents is 4. The molecule has 200 valence electrons. The normalized spacial score (nSPS) is 23.3. The minimum Gasteiger partial charge on any atom is -0.508 e. The number of phenols is 4. The lowest BCUT2D eigenvalue weighted by Crippen LogP contribution is -2.60. The van der Waals surface area contributed by atoms with Crippen LogP contribution in [0.2, 0.25) is 0 Å². The first kappa shape index (κ1) is 26.8. The fourth-order valence-electron chi connectivity index (χ4n) is 3.75. The highest BCUT2D eigenvalue weighted by Gasteiger charge is 2.45. The van der Waals surface area contributed by atoms with E-state index >= 15 is 0 Å². The summed E-state index contributed by atoms with van der Waals surface area (Å²) < 4.78 is 16.3. The molecule has 11 heteroatoms. The van der Waals surface area contributed by atoms with E-state index in [2.05, 4.69) is 0 Å². The second-order valence-electron chi connectivity index (χ2n) is 8.62. The van der Waals surface area contributed by atoms with E-state index in [0.29, 0.717) is 11.1 Å². The van der Waals surface area contributed by atoms with Gasteiger partial charge in [-0.15, -0.1) is 0 Å². The number of carbonyl (C=O) groups excluding carboxylic acids is 1. The smallest absolute Gasteiger partial charge is 0.338 e. The van der Waals surface area contributed by atoms with E-state index < -0.39 is 43.3 Å². The predicted molar refractivity (Wildman–Crippen MR) is 133 cm³/mol. The van der Waals surface area contributed by atoms with Crippen molar-refractivity contribution in [3.8, 4) is 28.7 Å². The second-order valence-corrected chi connectivity index (χ2v) is 8.62. The van der Waals surface area contributed by atoms with Crippen LogP contribution in [0.25, 0.3) is 12.2 Å². The number of hydrogen-bond acceptors (Lipinski definition) is 11. The van der Waals surface area contributed by atoms with Crippen LogP contribution in [-0.4, -0.2) is 79.0 Å². The van der Waals surface area contributed by atoms with Crippen molar-refractivity contribution in [2.75, 3.05) is 6.61 Å². The third-order valence-electron chi connectivity index (χ3n) is 5.77. The third-order valence-corrected chi connectivity index (χ3v) is 5.77. The Kier molecular flexibility index (Phi) is 8.03. The summed E-state index contributed by atoms with van der Waals surface area (Å²) in [5.41, 5.74) is 1.17. The van der Waals surface area contributed by atoms with Gasteiger partial charge in [-0.25, -0.2) is 4.79 Å². The molecular weight excluding hydrogens is 500 g/mol. The molecule has 3 aromatic rings. The van der Waals surface area contributed by atoms with Gasteiger partial charge in [0, 0.05) is 6.07 Å². The quantitative estimate of drug-likeness (QED) is 0.176. The Labute approximate surface area is 216 Å². The Morgan fingerprint density at radius 2 is 1.42 bits per heavy atom. The number of aliphatic hydroxyl groups excluding tert-OH is 3. The van der Waals surface area contributed by atoms with E-state index in [4.69, 9.17) is 14.2 Å². The SMILES string of the molecule is O=C(OC[C@H]1O[C@@H](Oc2cc(/C=C/c3cc(O)cc(O)c3)ccc2O)[C@H](O)[C@@H](O)[C@@H]1O)c1ccc(O)cc1. The van der Waals surface area contributed by atoms with Gasteiger partial charge in [0.2, 0.25) is 6.29 Å². The molecule has 0 aliphatic carbocycles. The maximum absolute atomic E-state index is 12.3. The van der Waals surface area contributed by atoms with Crippen LogP contribution in [0.1, 0.15) is 21.5 Å². The lowest BCUT2D eigenvalue weighted by Gasteiger charge is -2.39. The molecule has 5 atom stereocenters. The maximum atomic E-state index is 12.3. The number of ether oxygens (including phenoxy) is 3. The number of aromatic hydroxyl groups is 4. The van der Waals surface area contributed by atoms with Crippen LogP contribution in [0.3, 0.4) is 0 Å². The number of carbonyl (C=O) groups is 1. The molecule has 11 nitrogen and oxygen atoms in total. The molecule has 3 aromatic carbocycles. The molecule has 7 N–H and O–H groups in total. The van der Waals surface area contributed by atoms with Crippen molar-refractivity contribution >= 4 is 18.1 Å². The van der Waals surface area contributed by atoms with Crippen molar-refractivity contribution in [1.82, 2.24) is 0 Å². The molecule has 1 aliphatic rings. The lowest BCUT2D eigenvalue weighted by atomic mass is 9.99. The Hall–Kier alpha value is -4.29. The molecule has 0 bridgehead atoms. The molecule has 0 amide bonds. The zero-order valence-corrected chi connectivity index (χ0v) is 19.8. The van der Waals surface area contributed by atoms with Gasteiger partial charge in [0.25, 0.3) is 0 Å². The molecule has 0 saturated carbocycles. The number of benzene rings is 3. The summed E-state index contributed by atoms with van der Waals surface area (Å²) in [6, 6.07) is 13.6. The summed E-state index contributed by atoms with van der Waals surface area (Å²) >= 11 is 0. The van der Waals surface area contributed by atoms with Gasteiger partial charge in [0.1, 0.15) is 48.3 Å². The van der Waals surface area contributed by atoms with Crippen molar-refractivity contribution in [3.63, 3.8) is 0 Å². The number of rotatable bonds is 7. The molecule has 0 aromatic heterocycles. The van der Waals surface area contributed by atoms with Gasteiger partial charge in [-0.3, -0.25) is 0 Å². The molecule has 1 saturated heterocycles. The van der Waals surface area contributed by atoms with Crippen LogP contribution in [0.4, 0.5) is 0 Å². The minimum atomic E-state index is -1.71. The highest BCUT2D eigenvalue weighted by molar-refractivity contribution is 5.89. The van der Waals surface area contributed by atoms with E-state index in [1.807, 2.05) is 0 Å². The summed E-state index contributed by atoms with van der Waals surface area (Å²) in [7, 11) is 0. The molecule has 38 heavy (non-hydrogen) atoms. The summed E-state index contributed by atoms with van der Waals surface area (Å²) in [5, 5.41) is 69.9. The first-order valence-electron chi connectivity index (χ1n) is 11.5. The Morgan fingerprint density at radius 3 is 2.11 bits per heavy atom. The van der Waals surface area contributed by atoms with Gasteiger partial charge in [0.05, 0.1) is 5.56 Å². The standard InChI is InChI=1S/C27H26O11/c28-17-6-4-16(5-7-17)26(35)36-13-22-23(32)24(33)25(34)27(38-22)37-21-11-14(3-8-20(21)31)1-2-15-9-18(29)12-19(30)10-15/h1-12,22-25,27-34H,13H2/b2-1+/t22-,23-,24+,25-,27-/m1/s1. The van der Waals surface area contributed by atoms with E-state index in [1.54, 1.807) is 18.2 Å². The van der Waals surface area contributed by atoms with Crippen LogP contribution in [0.15, 0.2) is 60.7 Å². The molecule has 0 unspecified atom stereocenters. The fourth-order valence-corrected chi connectivity index (χ4v) is 3.75. The second kappa shape index (κ2) is 11.4. The van der Waals surface area contributed by atoms with Crippen molar-refractivity contribution in [2.24, 2.45) is 0 Å². The molecule has 1 aliphatic heterocycles. The van der Waals surface area contributed by atoms with E-state index in [0.717, 1.165) is 0 Å². The molecule has 1 heterocycles. The van der Waals surface area contributed by atoms with Crippen LogP contribution in [0, 0.1) is 0 Å². The monoisotopic (exact) mass is 526 g/mol. The number of aliphatic hydroxyl groups is 3. The summed E-state index contributed by atoms with van der Waals surface area (Å²) in [4.78, 5) is 12.3. The Morgan fingerprint density at radius 1 is 0.763 bits per heavy atom. The Bertz CT molecular complexity index is 1280. The van der Waals surface area contributed by atoms with Crippen LogP contribution in [0.5, 0.6) is 28.7 Å². The van der Waals surface area contributed by atoms with Gasteiger partial charge in [-0.05, 0) is 59.7 Å². The van der Waals surface area contributed by atoms with Crippen molar-refractivity contribution < 1.29 is 54.8 Å². The first-order chi connectivity index (χ1) is 18.1. The first-order valence-corrected chi connectivity index (χ1v) is 11.5. The fraction of sp³-hybridized carbons (Fsp3) is 0.222. The third kappa shape index (κ3) is 6.33. The molecule has 0 spiro atoms. The van der Waals surface area contributed by atoms with Gasteiger partial charge >= 0.3 is 5.97 Å². The minimum absolute atomic E-state index is 0.0360. The van der Waals surface area contributed by atoms with E-state index in [9.17, 15) is 40.5 Å². The predicted octanol–water partition coefficient (Wildman–Crippen LogP) is 1.72. The van der Waals surface area contributed by atoms with Gasteiger partial charge in [0.15, 0.2) is 11.5 Å². The Balaban J connectivity index is 1.45. The summed E-state index contributed by atoms with van der Waals surface area (Å²) in [5.74, 6) is -1.46. The molecule has 0 radical (unpaired) electrons. The van der Waals surface area contributed by atoms with Crippen molar-refractivity contribution in [1.29, 1.82) is 0 Å². The maximum Gasteiger partial charge on any atom is 0.338 e. The molecule has 4 rings (SSSR count). The van der Waals surface area contributed by atoms with Crippen LogP contribution < -0.4 is 4.74 Å². The zero-order valence-electron chi connectivity index (χ0n) is 19.8. The largest absolute Gasteiger partial charge is 0.508 e. The highest BCUT2D eigenvalue weighted by Crippen LogP contribution is 2.32. The molecular formula is C27H26O11. The van der Waals surface area contributed by atoms with E-state index in [1.165, 1.54) is 54.6 Å². The van der Waals surface area contributed by atoms with E-state index in [-0.39, 0.29) is 34.3 Å². The average Bonchev–Trinajstić information content (AvgIpc) is 2.88. The molecule has 1 fully saturated rings. The van der Waals surface area contributed by atoms with Crippen molar-refractivity contribution in [3.05, 3.63) is 77.4 Å². The van der Waals surface area contributed by atoms with Crippen LogP contribution >= 0.6 is 0 Å². The number of esters is 1. The van der Waals surface area contributed by atoms with Gasteiger partial charge < -0.3 is 50.0 Å². The lowest BCUT2D eigenvalue weighted by molar-refractivity contribution is -0.277. The van der Waals surface area contributed by atoms with Crippen LogP contribution in [-0.2, 0) is 9.47 Å². The highest BCUT2D eigenvalue weighted by atomic mass is 16.7. The summed E-state index contributed by atoms with van der Waals surface area (Å²) in [6.45, 7) is -0.490. The van der Waals surface area contributed by atoms with Gasteiger partial charge in [-0.2, -0.15) is 0 Å². The number of hydrogen-bond donors (Lipinski definition) is 7. The average molecular weight is 526 g/mol. The topological polar surface area (TPSA) is 186 Å². The van der Waals surface area contributed by atoms with Crippen molar-refractivity contribution in [2.45, 2.75) is 30.7 Å². The van der Waals surface area contributed by atoms with Gasteiger partial charge in [-0.1, -0.05) is 18.2 Å². The summed E-state index contributed by atoms with van der Waals surface area (Å²) in [6.07, 6.45) is -4.64. The zero-order chi connectivity index (χ0) is 27.4.